The molecule has 0 spiro atoms. The van der Waals surface area contributed by atoms with Crippen LogP contribution in [0.15, 0.2) is 60.7 Å². The fourth-order valence-electron chi connectivity index (χ4n) is 3.82. The molecule has 262 valence electrons. The van der Waals surface area contributed by atoms with E-state index >= 15 is 0 Å². The highest BCUT2D eigenvalue weighted by Gasteiger charge is 2.30. The van der Waals surface area contributed by atoms with Crippen molar-refractivity contribution in [1.29, 1.82) is 0 Å². The average molecular weight is 707 g/mol. The van der Waals surface area contributed by atoms with Crippen LogP contribution in [0.25, 0.3) is 0 Å². The van der Waals surface area contributed by atoms with Crippen molar-refractivity contribution in [2.45, 2.75) is 52.1 Å². The van der Waals surface area contributed by atoms with Crippen molar-refractivity contribution in [3.05, 3.63) is 71.8 Å². The van der Waals surface area contributed by atoms with Gasteiger partial charge in [0.1, 0.15) is 37.9 Å². The zero-order valence-electron chi connectivity index (χ0n) is 27.2. The first-order valence-electron chi connectivity index (χ1n) is 15.0. The van der Waals surface area contributed by atoms with Gasteiger partial charge in [0.05, 0.1) is 13.7 Å². The SMILES string of the molecule is CCOC(=O)CNC(=O)[C@H](CSSC[C@H](NC(=O)OCc1ccccc1)C(=O)OC)NC(=O)[C@H](NC(=O)OCc1ccccc1)C(C)C. The lowest BCUT2D eigenvalue weighted by atomic mass is 10.0. The first kappa shape index (κ1) is 39.7. The quantitative estimate of drug-likeness (QED) is 0.0725. The second-order valence-corrected chi connectivity index (χ2v) is 12.9. The molecule has 0 aromatic heterocycles. The molecule has 2 aromatic rings. The molecule has 0 aliphatic heterocycles. The van der Waals surface area contributed by atoms with Crippen molar-refractivity contribution in [2.75, 3.05) is 31.8 Å². The van der Waals surface area contributed by atoms with Crippen LogP contribution in [0.3, 0.4) is 0 Å². The number of hydrogen-bond donors (Lipinski definition) is 4. The van der Waals surface area contributed by atoms with E-state index in [9.17, 15) is 28.8 Å². The molecular formula is C32H42N4O10S2. The van der Waals surface area contributed by atoms with Crippen molar-refractivity contribution in [1.82, 2.24) is 21.3 Å². The predicted molar refractivity (Wildman–Crippen MR) is 180 cm³/mol. The van der Waals surface area contributed by atoms with Gasteiger partial charge in [-0.25, -0.2) is 14.4 Å². The van der Waals surface area contributed by atoms with Crippen molar-refractivity contribution < 1.29 is 47.7 Å². The molecule has 4 N–H and O–H groups in total. The molecule has 0 aliphatic carbocycles. The minimum Gasteiger partial charge on any atom is -0.467 e. The van der Waals surface area contributed by atoms with E-state index in [1.165, 1.54) is 7.11 Å². The van der Waals surface area contributed by atoms with Crippen LogP contribution in [-0.4, -0.2) is 85.8 Å². The number of hydrogen-bond acceptors (Lipinski definition) is 12. The lowest BCUT2D eigenvalue weighted by molar-refractivity contribution is -0.143. The number of rotatable bonds is 19. The third-order valence-electron chi connectivity index (χ3n) is 6.32. The monoisotopic (exact) mass is 706 g/mol. The van der Waals surface area contributed by atoms with Crippen LogP contribution in [0.2, 0.25) is 0 Å². The van der Waals surface area contributed by atoms with Crippen molar-refractivity contribution in [3.8, 4) is 0 Å². The molecule has 48 heavy (non-hydrogen) atoms. The van der Waals surface area contributed by atoms with Crippen molar-refractivity contribution in [2.24, 2.45) is 5.92 Å². The lowest BCUT2D eigenvalue weighted by Gasteiger charge is -2.25. The van der Waals surface area contributed by atoms with E-state index in [0.29, 0.717) is 0 Å². The molecule has 0 unspecified atom stereocenters. The van der Waals surface area contributed by atoms with E-state index in [-0.39, 0.29) is 37.2 Å². The van der Waals surface area contributed by atoms with Gasteiger partial charge in [0, 0.05) is 11.5 Å². The normalized spacial score (nSPS) is 12.4. The standard InChI is InChI=1S/C32H42N4O10S2/c1-5-44-26(37)16-33-28(38)24(34-29(39)27(21(2)3)36-32(42)46-18-23-14-10-7-11-15-23)19-47-48-20-25(30(40)43-4)35-31(41)45-17-22-12-8-6-9-13-22/h6-15,21,24-25,27H,5,16-20H2,1-4H3,(H,33,38)(H,34,39)(H,35,41)(H,36,42)/t24-,25-,27+/m0/s1. The summed E-state index contributed by atoms with van der Waals surface area (Å²) < 4.78 is 20.1. The van der Waals surface area contributed by atoms with Crippen LogP contribution in [-0.2, 0) is 51.3 Å². The first-order chi connectivity index (χ1) is 23.0. The van der Waals surface area contributed by atoms with Gasteiger partial charge in [0.25, 0.3) is 0 Å². The number of esters is 2. The molecular weight excluding hydrogens is 665 g/mol. The minimum atomic E-state index is -1.16. The Morgan fingerprint density at radius 1 is 0.688 bits per heavy atom. The summed E-state index contributed by atoms with van der Waals surface area (Å²) in [6, 6.07) is 14.7. The number of ether oxygens (including phenoxy) is 4. The van der Waals surface area contributed by atoms with Gasteiger partial charge < -0.3 is 40.2 Å². The second kappa shape index (κ2) is 22.2. The summed E-state index contributed by atoms with van der Waals surface area (Å²) in [4.78, 5) is 75.4. The highest BCUT2D eigenvalue weighted by atomic mass is 33.1. The minimum absolute atomic E-state index is 0.00171. The number of carbonyl (C=O) groups is 6. The molecule has 0 saturated carbocycles. The van der Waals surface area contributed by atoms with Gasteiger partial charge in [-0.1, -0.05) is 96.1 Å². The highest BCUT2D eigenvalue weighted by molar-refractivity contribution is 8.76. The Hall–Kier alpha value is -4.44. The molecule has 2 aromatic carbocycles. The summed E-state index contributed by atoms with van der Waals surface area (Å²) >= 11 is 0. The molecule has 0 bridgehead atoms. The molecule has 0 fully saturated rings. The number of carbonyl (C=O) groups excluding carboxylic acids is 6. The molecule has 0 saturated heterocycles. The van der Waals surface area contributed by atoms with Crippen LogP contribution in [0, 0.1) is 5.92 Å². The Morgan fingerprint density at radius 2 is 1.21 bits per heavy atom. The fourth-order valence-corrected chi connectivity index (χ4v) is 6.13. The summed E-state index contributed by atoms with van der Waals surface area (Å²) in [5.74, 6) is -3.06. The van der Waals surface area contributed by atoms with Gasteiger partial charge in [-0.2, -0.15) is 0 Å². The topological polar surface area (TPSA) is 187 Å². The van der Waals surface area contributed by atoms with E-state index in [1.807, 2.05) is 12.1 Å². The van der Waals surface area contributed by atoms with Crippen LogP contribution >= 0.6 is 21.6 Å². The van der Waals surface area contributed by atoms with Crippen LogP contribution in [0.4, 0.5) is 9.59 Å². The number of amides is 4. The number of alkyl carbamates (subject to hydrolysis) is 2. The van der Waals surface area contributed by atoms with Crippen LogP contribution in [0.1, 0.15) is 31.9 Å². The maximum atomic E-state index is 13.3. The van der Waals surface area contributed by atoms with E-state index < -0.39 is 60.6 Å². The summed E-state index contributed by atoms with van der Waals surface area (Å²) in [7, 11) is 3.43. The zero-order chi connectivity index (χ0) is 35.3. The third-order valence-corrected chi connectivity index (χ3v) is 8.75. The largest absolute Gasteiger partial charge is 0.467 e. The molecule has 16 heteroatoms. The van der Waals surface area contributed by atoms with E-state index in [1.54, 1.807) is 69.3 Å². The van der Waals surface area contributed by atoms with E-state index in [4.69, 9.17) is 18.9 Å². The lowest BCUT2D eigenvalue weighted by Crippen LogP contribution is -2.56. The smallest absolute Gasteiger partial charge is 0.408 e. The Bertz CT molecular complexity index is 1330. The molecule has 14 nitrogen and oxygen atoms in total. The van der Waals surface area contributed by atoms with Crippen molar-refractivity contribution >= 4 is 57.5 Å². The van der Waals surface area contributed by atoms with Gasteiger partial charge in [0.2, 0.25) is 11.8 Å². The molecule has 0 aliphatic rings. The van der Waals surface area contributed by atoms with E-state index in [0.717, 1.165) is 32.7 Å². The number of methoxy groups -OCH3 is 1. The van der Waals surface area contributed by atoms with Crippen molar-refractivity contribution in [3.63, 3.8) is 0 Å². The highest BCUT2D eigenvalue weighted by Crippen LogP contribution is 2.24. The molecule has 2 rings (SSSR count). The molecule has 0 radical (unpaired) electrons. The third kappa shape index (κ3) is 15.4. The summed E-state index contributed by atoms with van der Waals surface area (Å²) in [5, 5.41) is 10.1. The van der Waals surface area contributed by atoms with Crippen LogP contribution in [0.5, 0.6) is 0 Å². The Morgan fingerprint density at radius 3 is 1.71 bits per heavy atom. The zero-order valence-corrected chi connectivity index (χ0v) is 28.9. The Labute approximate surface area is 287 Å². The maximum Gasteiger partial charge on any atom is 0.408 e. The van der Waals surface area contributed by atoms with Gasteiger partial charge in [-0.05, 0) is 24.0 Å². The fraction of sp³-hybridized carbons (Fsp3) is 0.438. The van der Waals surface area contributed by atoms with Gasteiger partial charge in [0.15, 0.2) is 0 Å². The van der Waals surface area contributed by atoms with Gasteiger partial charge >= 0.3 is 24.1 Å². The molecule has 0 heterocycles. The Kier molecular flexibility index (Phi) is 18.4. The average Bonchev–Trinajstić information content (AvgIpc) is 3.08. The maximum absolute atomic E-state index is 13.3. The second-order valence-electron chi connectivity index (χ2n) is 10.4. The summed E-state index contributed by atoms with van der Waals surface area (Å²) in [5.41, 5.74) is 1.53. The van der Waals surface area contributed by atoms with Crippen LogP contribution < -0.4 is 21.3 Å². The summed E-state index contributed by atoms with van der Waals surface area (Å²) in [6.07, 6.45) is -1.64. The first-order valence-corrected chi connectivity index (χ1v) is 17.5. The number of benzene rings is 2. The summed E-state index contributed by atoms with van der Waals surface area (Å²) in [6.45, 7) is 4.76. The van der Waals surface area contributed by atoms with Gasteiger partial charge in [-0.15, -0.1) is 0 Å². The van der Waals surface area contributed by atoms with Gasteiger partial charge in [-0.3, -0.25) is 14.4 Å². The molecule has 4 amide bonds. The number of nitrogens with one attached hydrogen (secondary N) is 4. The Balaban J connectivity index is 2.00. The molecule has 3 atom stereocenters. The predicted octanol–water partition coefficient (Wildman–Crippen LogP) is 2.95. The van der Waals surface area contributed by atoms with E-state index in [2.05, 4.69) is 21.3 Å².